The predicted octanol–water partition coefficient (Wildman–Crippen LogP) is 4.47. The topological polar surface area (TPSA) is 58.2 Å². The van der Waals surface area contributed by atoms with Crippen LogP contribution in [0.1, 0.15) is 31.2 Å². The molecule has 5 heteroatoms. The maximum atomic E-state index is 12.7. The number of rotatable bonds is 5. The van der Waals surface area contributed by atoms with Crippen molar-refractivity contribution in [1.29, 1.82) is 0 Å². The summed E-state index contributed by atoms with van der Waals surface area (Å²) in [5.74, 6) is 0.300. The molecule has 0 radical (unpaired) electrons. The van der Waals surface area contributed by atoms with Crippen molar-refractivity contribution >= 4 is 39.1 Å². The van der Waals surface area contributed by atoms with Gasteiger partial charge in [-0.2, -0.15) is 0 Å². The van der Waals surface area contributed by atoms with E-state index in [9.17, 15) is 9.59 Å². The number of benzene rings is 2. The SMILES string of the molecule is O=C(Nc1ccc(NC(=O)C2(c3ccc(Br)cc3)CC2)cc1)C1CC1. The molecule has 4 rings (SSSR count). The van der Waals surface area contributed by atoms with Gasteiger partial charge < -0.3 is 10.6 Å². The van der Waals surface area contributed by atoms with Crippen LogP contribution in [0.5, 0.6) is 0 Å². The second-order valence-corrected chi connectivity index (χ2v) is 7.80. The number of amides is 2. The summed E-state index contributed by atoms with van der Waals surface area (Å²) in [6, 6.07) is 15.3. The van der Waals surface area contributed by atoms with Crippen LogP contribution in [0, 0.1) is 5.92 Å². The van der Waals surface area contributed by atoms with Crippen LogP contribution in [0.15, 0.2) is 53.0 Å². The molecule has 0 aromatic heterocycles. The lowest BCUT2D eigenvalue weighted by Crippen LogP contribution is -2.27. The van der Waals surface area contributed by atoms with Crippen molar-refractivity contribution in [3.63, 3.8) is 0 Å². The first-order chi connectivity index (χ1) is 12.1. The van der Waals surface area contributed by atoms with Gasteiger partial charge in [0, 0.05) is 21.8 Å². The van der Waals surface area contributed by atoms with Crippen molar-refractivity contribution in [3.05, 3.63) is 58.6 Å². The zero-order valence-electron chi connectivity index (χ0n) is 13.7. The molecule has 0 unspecified atom stereocenters. The number of carbonyl (C=O) groups is 2. The summed E-state index contributed by atoms with van der Waals surface area (Å²) in [5.41, 5.74) is 2.17. The molecule has 128 valence electrons. The van der Waals surface area contributed by atoms with E-state index in [1.165, 1.54) is 0 Å². The number of anilines is 2. The summed E-state index contributed by atoms with van der Waals surface area (Å²) in [4.78, 5) is 24.5. The molecule has 0 spiro atoms. The molecular weight excluding hydrogens is 380 g/mol. The van der Waals surface area contributed by atoms with E-state index in [1.54, 1.807) is 0 Å². The van der Waals surface area contributed by atoms with Gasteiger partial charge in [-0.1, -0.05) is 28.1 Å². The molecule has 2 saturated carbocycles. The molecule has 0 aliphatic heterocycles. The standard InChI is InChI=1S/C20H19BrN2O2/c21-15-5-3-14(4-6-15)20(11-12-20)19(25)23-17-9-7-16(8-10-17)22-18(24)13-1-2-13/h3-10,13H,1-2,11-12H2,(H,22,24)(H,23,25). The lowest BCUT2D eigenvalue weighted by molar-refractivity contribution is -0.118. The Kier molecular flexibility index (Phi) is 4.12. The summed E-state index contributed by atoms with van der Waals surface area (Å²) < 4.78 is 1.01. The molecule has 2 N–H and O–H groups in total. The molecule has 25 heavy (non-hydrogen) atoms. The summed E-state index contributed by atoms with van der Waals surface area (Å²) in [6.07, 6.45) is 3.71. The van der Waals surface area contributed by atoms with Gasteiger partial charge in [0.25, 0.3) is 0 Å². The van der Waals surface area contributed by atoms with Crippen LogP contribution >= 0.6 is 15.9 Å². The number of halogens is 1. The number of hydrogen-bond donors (Lipinski definition) is 2. The van der Waals surface area contributed by atoms with Gasteiger partial charge in [-0.25, -0.2) is 0 Å². The van der Waals surface area contributed by atoms with E-state index >= 15 is 0 Å². The molecule has 2 aromatic rings. The van der Waals surface area contributed by atoms with Crippen LogP contribution in [0.2, 0.25) is 0 Å². The summed E-state index contributed by atoms with van der Waals surface area (Å²) in [6.45, 7) is 0. The van der Waals surface area contributed by atoms with E-state index in [1.807, 2.05) is 48.5 Å². The van der Waals surface area contributed by atoms with Gasteiger partial charge >= 0.3 is 0 Å². The van der Waals surface area contributed by atoms with Crippen molar-refractivity contribution < 1.29 is 9.59 Å². The molecule has 4 nitrogen and oxygen atoms in total. The van der Waals surface area contributed by atoms with E-state index in [4.69, 9.17) is 0 Å². The van der Waals surface area contributed by atoms with E-state index in [0.29, 0.717) is 0 Å². The average molecular weight is 399 g/mol. The Morgan fingerprint density at radius 2 is 1.44 bits per heavy atom. The second-order valence-electron chi connectivity index (χ2n) is 6.88. The molecule has 2 aliphatic rings. The lowest BCUT2D eigenvalue weighted by Gasteiger charge is -2.16. The minimum Gasteiger partial charge on any atom is -0.326 e. The highest BCUT2D eigenvalue weighted by Gasteiger charge is 2.51. The van der Waals surface area contributed by atoms with Gasteiger partial charge in [0.2, 0.25) is 11.8 Å². The fourth-order valence-corrected chi connectivity index (χ4v) is 3.28. The number of nitrogens with one attached hydrogen (secondary N) is 2. The van der Waals surface area contributed by atoms with Gasteiger partial charge in [-0.3, -0.25) is 9.59 Å². The van der Waals surface area contributed by atoms with Gasteiger partial charge in [0.1, 0.15) is 0 Å². The molecule has 2 amide bonds. The highest BCUT2D eigenvalue weighted by molar-refractivity contribution is 9.10. The van der Waals surface area contributed by atoms with E-state index in [-0.39, 0.29) is 17.7 Å². The van der Waals surface area contributed by atoms with Crippen molar-refractivity contribution in [2.24, 2.45) is 5.92 Å². The normalized spacial score (nSPS) is 17.6. The fraction of sp³-hybridized carbons (Fsp3) is 0.300. The largest absolute Gasteiger partial charge is 0.326 e. The number of carbonyl (C=O) groups excluding carboxylic acids is 2. The fourth-order valence-electron chi connectivity index (χ4n) is 3.02. The molecular formula is C20H19BrN2O2. The van der Waals surface area contributed by atoms with E-state index in [2.05, 4.69) is 26.6 Å². The summed E-state index contributed by atoms with van der Waals surface area (Å²) >= 11 is 3.43. The number of hydrogen-bond acceptors (Lipinski definition) is 2. The first kappa shape index (κ1) is 16.3. The van der Waals surface area contributed by atoms with Crippen LogP contribution in [0.4, 0.5) is 11.4 Å². The molecule has 2 aromatic carbocycles. The molecule has 0 heterocycles. The third kappa shape index (κ3) is 3.47. The van der Waals surface area contributed by atoms with Gasteiger partial charge in [-0.15, -0.1) is 0 Å². The Morgan fingerprint density at radius 3 is 1.96 bits per heavy atom. The summed E-state index contributed by atoms with van der Waals surface area (Å²) in [5, 5.41) is 5.91. The molecule has 2 fully saturated rings. The molecule has 2 aliphatic carbocycles. The highest BCUT2D eigenvalue weighted by Crippen LogP contribution is 2.49. The maximum absolute atomic E-state index is 12.7. The molecule has 0 atom stereocenters. The van der Waals surface area contributed by atoms with Crippen molar-refractivity contribution in [2.45, 2.75) is 31.1 Å². The third-order valence-corrected chi connectivity index (χ3v) is 5.47. The minimum atomic E-state index is -0.403. The average Bonchev–Trinajstić information content (AvgIpc) is 3.49. The Labute approximate surface area is 155 Å². The third-order valence-electron chi connectivity index (χ3n) is 4.94. The Hall–Kier alpha value is -2.14. The van der Waals surface area contributed by atoms with Crippen molar-refractivity contribution in [2.75, 3.05) is 10.6 Å². The van der Waals surface area contributed by atoms with E-state index < -0.39 is 5.41 Å². The van der Waals surface area contributed by atoms with Gasteiger partial charge in [0.05, 0.1) is 5.41 Å². The Balaban J connectivity index is 1.42. The van der Waals surface area contributed by atoms with Crippen LogP contribution in [-0.2, 0) is 15.0 Å². The minimum absolute atomic E-state index is 0.0320. The monoisotopic (exact) mass is 398 g/mol. The first-order valence-corrected chi connectivity index (χ1v) is 9.35. The second kappa shape index (κ2) is 6.30. The Bertz CT molecular complexity index is 807. The van der Waals surface area contributed by atoms with Gasteiger partial charge in [-0.05, 0) is 67.6 Å². The van der Waals surface area contributed by atoms with Crippen LogP contribution in [0.25, 0.3) is 0 Å². The summed E-state index contributed by atoms with van der Waals surface area (Å²) in [7, 11) is 0. The Morgan fingerprint density at radius 1 is 0.880 bits per heavy atom. The zero-order valence-corrected chi connectivity index (χ0v) is 15.3. The van der Waals surface area contributed by atoms with Gasteiger partial charge in [0.15, 0.2) is 0 Å². The highest BCUT2D eigenvalue weighted by atomic mass is 79.9. The lowest BCUT2D eigenvalue weighted by atomic mass is 9.95. The first-order valence-electron chi connectivity index (χ1n) is 8.55. The maximum Gasteiger partial charge on any atom is 0.235 e. The predicted molar refractivity (Wildman–Crippen MR) is 101 cm³/mol. The smallest absolute Gasteiger partial charge is 0.235 e. The van der Waals surface area contributed by atoms with Crippen LogP contribution in [0.3, 0.4) is 0 Å². The quantitative estimate of drug-likeness (QED) is 0.780. The van der Waals surface area contributed by atoms with Crippen molar-refractivity contribution in [1.82, 2.24) is 0 Å². The zero-order chi connectivity index (χ0) is 17.4. The van der Waals surface area contributed by atoms with E-state index in [0.717, 1.165) is 47.1 Å². The van der Waals surface area contributed by atoms with Crippen LogP contribution in [-0.4, -0.2) is 11.8 Å². The molecule has 0 saturated heterocycles. The van der Waals surface area contributed by atoms with Crippen molar-refractivity contribution in [3.8, 4) is 0 Å². The molecule has 0 bridgehead atoms. The van der Waals surface area contributed by atoms with Crippen LogP contribution < -0.4 is 10.6 Å².